The zero-order chi connectivity index (χ0) is 15.4. The van der Waals surface area contributed by atoms with Gasteiger partial charge in [-0.3, -0.25) is 9.69 Å². The number of halogens is 1. The van der Waals surface area contributed by atoms with E-state index in [4.69, 9.17) is 0 Å². The lowest BCUT2D eigenvalue weighted by Crippen LogP contribution is -2.34. The van der Waals surface area contributed by atoms with Gasteiger partial charge in [-0.1, -0.05) is 6.07 Å². The number of nitrogens with zero attached hydrogens (tertiary/aromatic N) is 2. The zero-order valence-corrected chi connectivity index (χ0v) is 14.0. The summed E-state index contributed by atoms with van der Waals surface area (Å²) in [6.45, 7) is 4.55. The highest BCUT2D eigenvalue weighted by molar-refractivity contribution is 6.00. The van der Waals surface area contributed by atoms with Gasteiger partial charge in [0.05, 0.1) is 0 Å². The van der Waals surface area contributed by atoms with Crippen LogP contribution in [0.15, 0.2) is 18.2 Å². The van der Waals surface area contributed by atoms with Crippen molar-refractivity contribution in [1.29, 1.82) is 0 Å². The van der Waals surface area contributed by atoms with Crippen molar-refractivity contribution in [3.63, 3.8) is 0 Å². The molecule has 2 rings (SSSR count). The fraction of sp³-hybridized carbons (Fsp3) is 0.467. The Labute approximate surface area is 137 Å². The third-order valence-corrected chi connectivity index (χ3v) is 3.73. The topological polar surface area (TPSA) is 64.7 Å². The molecule has 7 heteroatoms. The minimum absolute atomic E-state index is 0. The van der Waals surface area contributed by atoms with Gasteiger partial charge in [0.15, 0.2) is 0 Å². The maximum Gasteiger partial charge on any atom is 0.322 e. The molecule has 0 aromatic heterocycles. The van der Waals surface area contributed by atoms with Crippen LogP contribution in [0, 0.1) is 6.92 Å². The van der Waals surface area contributed by atoms with Crippen molar-refractivity contribution < 1.29 is 9.59 Å². The molecule has 2 N–H and O–H groups in total. The average Bonchev–Trinajstić information content (AvgIpc) is 2.90. The number of amides is 3. The van der Waals surface area contributed by atoms with Crippen LogP contribution in [0.25, 0.3) is 0 Å². The SMILES string of the molecule is CNCCN(C)C(=O)c1cccc(N2CCNC2=O)c1C.Cl. The lowest BCUT2D eigenvalue weighted by Gasteiger charge is -2.22. The van der Waals surface area contributed by atoms with Crippen molar-refractivity contribution in [1.82, 2.24) is 15.5 Å². The fourth-order valence-corrected chi connectivity index (χ4v) is 2.44. The molecule has 1 aliphatic rings. The summed E-state index contributed by atoms with van der Waals surface area (Å²) in [6.07, 6.45) is 0. The van der Waals surface area contributed by atoms with E-state index in [1.807, 2.05) is 32.2 Å². The standard InChI is InChI=1S/C15H22N4O2.ClH/c1-11-12(14(20)18(3)9-7-16-2)5-4-6-13(11)19-10-8-17-15(19)21;/h4-6,16H,7-10H2,1-3H3,(H,17,21);1H. The minimum Gasteiger partial charge on any atom is -0.340 e. The number of carbonyl (C=O) groups is 2. The van der Waals surface area contributed by atoms with E-state index in [1.165, 1.54) is 0 Å². The molecule has 1 saturated heterocycles. The first-order valence-electron chi connectivity index (χ1n) is 7.11. The van der Waals surface area contributed by atoms with Gasteiger partial charge in [-0.05, 0) is 31.7 Å². The maximum absolute atomic E-state index is 12.5. The van der Waals surface area contributed by atoms with Crippen LogP contribution in [-0.4, -0.2) is 57.1 Å². The van der Waals surface area contributed by atoms with Crippen LogP contribution in [0.5, 0.6) is 0 Å². The van der Waals surface area contributed by atoms with Crippen LogP contribution < -0.4 is 15.5 Å². The molecule has 1 fully saturated rings. The molecule has 0 unspecified atom stereocenters. The third kappa shape index (κ3) is 3.69. The van der Waals surface area contributed by atoms with E-state index in [0.717, 1.165) is 17.8 Å². The highest BCUT2D eigenvalue weighted by Crippen LogP contribution is 2.25. The van der Waals surface area contributed by atoms with E-state index in [0.29, 0.717) is 25.2 Å². The number of nitrogens with one attached hydrogen (secondary N) is 2. The number of hydrogen-bond donors (Lipinski definition) is 2. The molecule has 122 valence electrons. The van der Waals surface area contributed by atoms with Gasteiger partial charge in [0.2, 0.25) is 0 Å². The predicted molar refractivity (Wildman–Crippen MR) is 90.1 cm³/mol. The normalized spacial score (nSPS) is 13.6. The summed E-state index contributed by atoms with van der Waals surface area (Å²) in [7, 11) is 3.64. The first kappa shape index (κ1) is 18.3. The zero-order valence-electron chi connectivity index (χ0n) is 13.2. The Morgan fingerprint density at radius 1 is 1.45 bits per heavy atom. The summed E-state index contributed by atoms with van der Waals surface area (Å²) in [6, 6.07) is 5.41. The number of hydrogen-bond acceptors (Lipinski definition) is 3. The van der Waals surface area contributed by atoms with Crippen LogP contribution >= 0.6 is 12.4 Å². The highest BCUT2D eigenvalue weighted by Gasteiger charge is 2.24. The van der Waals surface area contributed by atoms with Crippen LogP contribution in [0.3, 0.4) is 0 Å². The third-order valence-electron chi connectivity index (χ3n) is 3.73. The monoisotopic (exact) mass is 326 g/mol. The van der Waals surface area contributed by atoms with Gasteiger partial charge in [0.25, 0.3) is 5.91 Å². The summed E-state index contributed by atoms with van der Waals surface area (Å²) in [5.41, 5.74) is 2.29. The summed E-state index contributed by atoms with van der Waals surface area (Å²) < 4.78 is 0. The van der Waals surface area contributed by atoms with Crippen LogP contribution in [0.2, 0.25) is 0 Å². The Kier molecular flexibility index (Phi) is 6.64. The summed E-state index contributed by atoms with van der Waals surface area (Å²) in [4.78, 5) is 27.7. The van der Waals surface area contributed by atoms with Gasteiger partial charge in [-0.25, -0.2) is 4.79 Å². The lowest BCUT2D eigenvalue weighted by molar-refractivity contribution is 0.0796. The predicted octanol–water partition coefficient (Wildman–Crippen LogP) is 1.24. The van der Waals surface area contributed by atoms with Crippen molar-refractivity contribution in [3.05, 3.63) is 29.3 Å². The molecule has 0 bridgehead atoms. The highest BCUT2D eigenvalue weighted by atomic mass is 35.5. The molecule has 1 aromatic rings. The number of carbonyl (C=O) groups excluding carboxylic acids is 2. The molecule has 0 radical (unpaired) electrons. The van der Waals surface area contributed by atoms with E-state index in [2.05, 4.69) is 10.6 Å². The number of anilines is 1. The Balaban J connectivity index is 0.00000242. The van der Waals surface area contributed by atoms with E-state index in [9.17, 15) is 9.59 Å². The Morgan fingerprint density at radius 3 is 2.77 bits per heavy atom. The Bertz CT molecular complexity index is 550. The van der Waals surface area contributed by atoms with Crippen molar-refractivity contribution >= 4 is 30.0 Å². The molecule has 0 spiro atoms. The molecule has 22 heavy (non-hydrogen) atoms. The summed E-state index contributed by atoms with van der Waals surface area (Å²) >= 11 is 0. The van der Waals surface area contributed by atoms with E-state index < -0.39 is 0 Å². The molecule has 1 heterocycles. The number of benzene rings is 1. The van der Waals surface area contributed by atoms with Crippen molar-refractivity contribution in [2.75, 3.05) is 45.2 Å². The quantitative estimate of drug-likeness (QED) is 0.855. The fourth-order valence-electron chi connectivity index (χ4n) is 2.44. The molecular weight excluding hydrogens is 304 g/mol. The molecule has 0 aliphatic carbocycles. The Hall–Kier alpha value is -1.79. The smallest absolute Gasteiger partial charge is 0.322 e. The van der Waals surface area contributed by atoms with E-state index in [-0.39, 0.29) is 24.3 Å². The lowest BCUT2D eigenvalue weighted by atomic mass is 10.0. The molecule has 1 aromatic carbocycles. The second-order valence-corrected chi connectivity index (χ2v) is 5.16. The Morgan fingerprint density at radius 2 is 2.18 bits per heavy atom. The maximum atomic E-state index is 12.5. The van der Waals surface area contributed by atoms with Gasteiger partial charge < -0.3 is 15.5 Å². The van der Waals surface area contributed by atoms with Gasteiger partial charge in [-0.2, -0.15) is 0 Å². The van der Waals surface area contributed by atoms with Gasteiger partial charge in [0, 0.05) is 44.5 Å². The van der Waals surface area contributed by atoms with Crippen molar-refractivity contribution in [2.24, 2.45) is 0 Å². The van der Waals surface area contributed by atoms with E-state index >= 15 is 0 Å². The minimum atomic E-state index is -0.105. The summed E-state index contributed by atoms with van der Waals surface area (Å²) in [5, 5.41) is 5.80. The van der Waals surface area contributed by atoms with Gasteiger partial charge in [0.1, 0.15) is 0 Å². The second kappa shape index (κ2) is 8.00. The van der Waals surface area contributed by atoms with Crippen LogP contribution in [-0.2, 0) is 0 Å². The number of rotatable bonds is 5. The largest absolute Gasteiger partial charge is 0.340 e. The second-order valence-electron chi connectivity index (χ2n) is 5.16. The van der Waals surface area contributed by atoms with E-state index in [1.54, 1.807) is 16.8 Å². The van der Waals surface area contributed by atoms with Gasteiger partial charge in [-0.15, -0.1) is 12.4 Å². The van der Waals surface area contributed by atoms with Gasteiger partial charge >= 0.3 is 6.03 Å². The molecular formula is C15H23ClN4O2. The molecule has 0 atom stereocenters. The first-order chi connectivity index (χ1) is 10.1. The van der Waals surface area contributed by atoms with Crippen LogP contribution in [0.1, 0.15) is 15.9 Å². The van der Waals surface area contributed by atoms with Crippen LogP contribution in [0.4, 0.5) is 10.5 Å². The first-order valence-corrected chi connectivity index (χ1v) is 7.11. The number of likely N-dealkylation sites (N-methyl/N-ethyl adjacent to an activating group) is 2. The molecule has 6 nitrogen and oxygen atoms in total. The molecule has 0 saturated carbocycles. The average molecular weight is 327 g/mol. The number of urea groups is 1. The summed E-state index contributed by atoms with van der Waals surface area (Å²) in [5.74, 6) is -0.0239. The molecule has 3 amide bonds. The molecule has 1 aliphatic heterocycles. The van der Waals surface area contributed by atoms with Crippen molar-refractivity contribution in [2.45, 2.75) is 6.92 Å². The van der Waals surface area contributed by atoms with Crippen molar-refractivity contribution in [3.8, 4) is 0 Å².